The molecule has 0 saturated carbocycles. The predicted molar refractivity (Wildman–Crippen MR) is 91.4 cm³/mol. The molecule has 1 heterocycles. The van der Waals surface area contributed by atoms with Crippen molar-refractivity contribution in [2.24, 2.45) is 0 Å². The fraction of sp³-hybridized carbons (Fsp3) is 0.167. The molecule has 0 aromatic heterocycles. The van der Waals surface area contributed by atoms with Crippen LogP contribution in [0, 0.1) is 0 Å². The van der Waals surface area contributed by atoms with Gasteiger partial charge in [0.2, 0.25) is 0 Å². The molecule has 2 aromatic rings. The fourth-order valence-electron chi connectivity index (χ4n) is 2.74. The van der Waals surface area contributed by atoms with Crippen LogP contribution in [0.1, 0.15) is 15.9 Å². The molecule has 0 saturated heterocycles. The zero-order valence-corrected chi connectivity index (χ0v) is 14.2. The SMILES string of the molecule is O=C(c1cccc(C(F)(F)F)c1)N(c1ccccc1)C1C=CS(=O)(=O)C1. The minimum absolute atomic E-state index is 0.165. The molecule has 0 aliphatic carbocycles. The molecule has 1 unspecified atom stereocenters. The van der Waals surface area contributed by atoms with Crippen molar-refractivity contribution in [3.63, 3.8) is 0 Å². The molecule has 136 valence electrons. The number of anilines is 1. The van der Waals surface area contributed by atoms with Gasteiger partial charge in [0.1, 0.15) is 0 Å². The van der Waals surface area contributed by atoms with Crippen LogP contribution in [0.3, 0.4) is 0 Å². The highest BCUT2D eigenvalue weighted by atomic mass is 32.2. The normalized spacial score (nSPS) is 18.7. The van der Waals surface area contributed by atoms with E-state index in [-0.39, 0.29) is 11.3 Å². The Labute approximate surface area is 148 Å². The Morgan fingerprint density at radius 3 is 2.31 bits per heavy atom. The molecule has 1 aliphatic heterocycles. The van der Waals surface area contributed by atoms with Gasteiger partial charge in [0.25, 0.3) is 5.91 Å². The van der Waals surface area contributed by atoms with Crippen LogP contribution in [0.15, 0.2) is 66.1 Å². The number of para-hydroxylation sites is 1. The molecule has 1 amide bonds. The lowest BCUT2D eigenvalue weighted by molar-refractivity contribution is -0.137. The average Bonchev–Trinajstić information content (AvgIpc) is 2.95. The molecule has 26 heavy (non-hydrogen) atoms. The van der Waals surface area contributed by atoms with Gasteiger partial charge in [-0.3, -0.25) is 4.79 Å². The van der Waals surface area contributed by atoms with Gasteiger partial charge in [0.15, 0.2) is 9.84 Å². The summed E-state index contributed by atoms with van der Waals surface area (Å²) in [7, 11) is -3.45. The zero-order valence-electron chi connectivity index (χ0n) is 13.3. The summed E-state index contributed by atoms with van der Waals surface area (Å²) in [6.07, 6.45) is -3.21. The minimum atomic E-state index is -4.58. The molecule has 0 spiro atoms. The minimum Gasteiger partial charge on any atom is -0.300 e. The van der Waals surface area contributed by atoms with Gasteiger partial charge in [-0.2, -0.15) is 13.2 Å². The summed E-state index contributed by atoms with van der Waals surface area (Å²) in [5.74, 6) is -1.01. The molecule has 0 N–H and O–H groups in total. The highest BCUT2D eigenvalue weighted by Gasteiger charge is 2.34. The standard InChI is InChI=1S/C18H14F3NO3S/c19-18(20,21)14-6-4-5-13(11-14)17(23)22(15-7-2-1-3-8-15)16-9-10-26(24,25)12-16/h1-11,16H,12H2. The summed E-state index contributed by atoms with van der Waals surface area (Å²) < 4.78 is 62.3. The summed E-state index contributed by atoms with van der Waals surface area (Å²) in [5.41, 5.74) is -0.700. The molecule has 1 aliphatic rings. The first-order valence-electron chi connectivity index (χ1n) is 7.64. The van der Waals surface area contributed by atoms with Crippen LogP contribution in [0.4, 0.5) is 18.9 Å². The Bertz CT molecular complexity index is 953. The first-order chi connectivity index (χ1) is 12.2. The van der Waals surface area contributed by atoms with Crippen molar-refractivity contribution in [3.05, 3.63) is 77.2 Å². The largest absolute Gasteiger partial charge is 0.416 e. The Morgan fingerprint density at radius 1 is 1.04 bits per heavy atom. The lowest BCUT2D eigenvalue weighted by Crippen LogP contribution is -2.41. The summed E-state index contributed by atoms with van der Waals surface area (Å²) in [5, 5.41) is 1.02. The summed E-state index contributed by atoms with van der Waals surface area (Å²) >= 11 is 0. The van der Waals surface area contributed by atoms with Crippen LogP contribution in [-0.4, -0.2) is 26.1 Å². The second-order valence-electron chi connectivity index (χ2n) is 5.81. The number of hydrogen-bond acceptors (Lipinski definition) is 3. The topological polar surface area (TPSA) is 54.5 Å². The van der Waals surface area contributed by atoms with E-state index in [1.807, 2.05) is 0 Å². The van der Waals surface area contributed by atoms with Gasteiger partial charge < -0.3 is 4.90 Å². The zero-order chi connectivity index (χ0) is 18.9. The van der Waals surface area contributed by atoms with E-state index in [9.17, 15) is 26.4 Å². The molecule has 3 rings (SSSR count). The van der Waals surface area contributed by atoms with Crippen LogP contribution in [0.5, 0.6) is 0 Å². The lowest BCUT2D eigenvalue weighted by atomic mass is 10.1. The van der Waals surface area contributed by atoms with E-state index >= 15 is 0 Å². The molecule has 0 fully saturated rings. The highest BCUT2D eigenvalue weighted by Crippen LogP contribution is 2.31. The molecule has 8 heteroatoms. The summed E-state index contributed by atoms with van der Waals surface area (Å²) in [6, 6.07) is 11.5. The summed E-state index contributed by atoms with van der Waals surface area (Å²) in [4.78, 5) is 14.2. The third kappa shape index (κ3) is 3.80. The monoisotopic (exact) mass is 381 g/mol. The number of alkyl halides is 3. The molecule has 4 nitrogen and oxygen atoms in total. The van der Waals surface area contributed by atoms with Gasteiger partial charge in [0.05, 0.1) is 17.4 Å². The summed E-state index contributed by atoms with van der Waals surface area (Å²) in [6.45, 7) is 0. The second-order valence-corrected chi connectivity index (χ2v) is 7.75. The van der Waals surface area contributed by atoms with Crippen LogP contribution in [0.25, 0.3) is 0 Å². The van der Waals surface area contributed by atoms with Crippen molar-refractivity contribution in [2.75, 3.05) is 10.7 Å². The van der Waals surface area contributed by atoms with Gasteiger partial charge in [-0.05, 0) is 36.4 Å². The molecule has 0 radical (unpaired) electrons. The van der Waals surface area contributed by atoms with Crippen molar-refractivity contribution < 1.29 is 26.4 Å². The smallest absolute Gasteiger partial charge is 0.300 e. The van der Waals surface area contributed by atoms with E-state index < -0.39 is 33.5 Å². The van der Waals surface area contributed by atoms with E-state index in [1.165, 1.54) is 17.0 Å². The highest BCUT2D eigenvalue weighted by molar-refractivity contribution is 7.94. The van der Waals surface area contributed by atoms with E-state index in [4.69, 9.17) is 0 Å². The Balaban J connectivity index is 2.03. The number of nitrogens with zero attached hydrogens (tertiary/aromatic N) is 1. The average molecular weight is 381 g/mol. The maximum Gasteiger partial charge on any atom is 0.416 e. The molecule has 1 atom stereocenters. The van der Waals surface area contributed by atoms with Crippen molar-refractivity contribution in [2.45, 2.75) is 12.2 Å². The van der Waals surface area contributed by atoms with E-state index in [0.29, 0.717) is 5.69 Å². The van der Waals surface area contributed by atoms with Crippen molar-refractivity contribution in [3.8, 4) is 0 Å². The number of rotatable bonds is 3. The van der Waals surface area contributed by atoms with Gasteiger partial charge in [-0.15, -0.1) is 0 Å². The third-order valence-electron chi connectivity index (χ3n) is 3.93. The first-order valence-corrected chi connectivity index (χ1v) is 9.36. The van der Waals surface area contributed by atoms with Crippen molar-refractivity contribution >= 4 is 21.4 Å². The van der Waals surface area contributed by atoms with E-state index in [0.717, 1.165) is 23.6 Å². The maximum atomic E-state index is 13.0. The first kappa shape index (κ1) is 18.2. The Hall–Kier alpha value is -2.61. The van der Waals surface area contributed by atoms with Crippen molar-refractivity contribution in [1.82, 2.24) is 0 Å². The van der Waals surface area contributed by atoms with Gasteiger partial charge >= 0.3 is 6.18 Å². The number of hydrogen-bond donors (Lipinski definition) is 0. The van der Waals surface area contributed by atoms with Crippen molar-refractivity contribution in [1.29, 1.82) is 0 Å². The lowest BCUT2D eigenvalue weighted by Gasteiger charge is -2.28. The molecular weight excluding hydrogens is 367 g/mol. The second kappa shape index (κ2) is 6.60. The number of benzene rings is 2. The Kier molecular flexibility index (Phi) is 4.62. The van der Waals surface area contributed by atoms with Gasteiger partial charge in [-0.1, -0.05) is 24.3 Å². The van der Waals surface area contributed by atoms with Crippen LogP contribution < -0.4 is 4.90 Å². The fourth-order valence-corrected chi connectivity index (χ4v) is 4.00. The van der Waals surface area contributed by atoms with Crippen LogP contribution in [0.2, 0.25) is 0 Å². The number of halogens is 3. The number of amides is 1. The number of carbonyl (C=O) groups is 1. The van der Waals surface area contributed by atoms with Gasteiger partial charge in [-0.25, -0.2) is 8.42 Å². The Morgan fingerprint density at radius 2 is 1.73 bits per heavy atom. The number of carbonyl (C=O) groups excluding carboxylic acids is 1. The van der Waals surface area contributed by atoms with Gasteiger partial charge in [0, 0.05) is 16.7 Å². The third-order valence-corrected chi connectivity index (χ3v) is 5.31. The quantitative estimate of drug-likeness (QED) is 0.815. The maximum absolute atomic E-state index is 13.0. The van der Waals surface area contributed by atoms with E-state index in [2.05, 4.69) is 0 Å². The molecule has 2 aromatic carbocycles. The number of sulfone groups is 1. The molecular formula is C18H14F3NO3S. The van der Waals surface area contributed by atoms with E-state index in [1.54, 1.807) is 30.3 Å². The van der Waals surface area contributed by atoms with Crippen LogP contribution in [-0.2, 0) is 16.0 Å². The molecule has 0 bridgehead atoms. The predicted octanol–water partition coefficient (Wildman–Crippen LogP) is 3.66. The van der Waals surface area contributed by atoms with Crippen LogP contribution >= 0.6 is 0 Å².